The third-order valence-corrected chi connectivity index (χ3v) is 5.34. The van der Waals surface area contributed by atoms with Crippen LogP contribution in [0, 0.1) is 17.2 Å². The number of aryl methyl sites for hydroxylation is 1. The SMILES string of the molecule is CC(C)CCn1c(=O)c2ccccc2n2c(SCCCCC#N)nnc12. The first-order valence-corrected chi connectivity index (χ1v) is 9.98. The lowest BCUT2D eigenvalue weighted by molar-refractivity contribution is 0.512. The van der Waals surface area contributed by atoms with Crippen molar-refractivity contribution in [3.8, 4) is 6.07 Å². The molecule has 0 radical (unpaired) electrons. The Balaban J connectivity index is 2.03. The van der Waals surface area contributed by atoms with Crippen molar-refractivity contribution in [3.63, 3.8) is 0 Å². The lowest BCUT2D eigenvalue weighted by Gasteiger charge is -2.12. The molecule has 0 fully saturated rings. The van der Waals surface area contributed by atoms with Crippen LogP contribution >= 0.6 is 11.8 Å². The predicted molar refractivity (Wildman–Crippen MR) is 104 cm³/mol. The van der Waals surface area contributed by atoms with E-state index >= 15 is 0 Å². The second-order valence-electron chi connectivity index (χ2n) is 6.74. The Morgan fingerprint density at radius 2 is 2.04 bits per heavy atom. The van der Waals surface area contributed by atoms with E-state index in [9.17, 15) is 4.79 Å². The Morgan fingerprint density at radius 3 is 2.81 bits per heavy atom. The first kappa shape index (κ1) is 18.5. The van der Waals surface area contributed by atoms with Crippen molar-refractivity contribution in [1.29, 1.82) is 5.26 Å². The minimum atomic E-state index is -0.00767. The van der Waals surface area contributed by atoms with Crippen LogP contribution in [0.3, 0.4) is 0 Å². The summed E-state index contributed by atoms with van der Waals surface area (Å²) in [5.74, 6) is 1.99. The zero-order valence-corrected chi connectivity index (χ0v) is 16.0. The van der Waals surface area contributed by atoms with Crippen LogP contribution in [0.4, 0.5) is 0 Å². The molecule has 0 aliphatic heterocycles. The van der Waals surface area contributed by atoms with Gasteiger partial charge < -0.3 is 0 Å². The molecule has 26 heavy (non-hydrogen) atoms. The highest BCUT2D eigenvalue weighted by Crippen LogP contribution is 2.23. The van der Waals surface area contributed by atoms with Gasteiger partial charge in [-0.05, 0) is 37.3 Å². The summed E-state index contributed by atoms with van der Waals surface area (Å²) in [5.41, 5.74) is 0.838. The van der Waals surface area contributed by atoms with E-state index in [1.54, 1.807) is 16.3 Å². The molecule has 0 aliphatic rings. The fourth-order valence-electron chi connectivity index (χ4n) is 2.89. The molecule has 2 aromatic heterocycles. The van der Waals surface area contributed by atoms with Crippen molar-refractivity contribution in [3.05, 3.63) is 34.6 Å². The Labute approximate surface area is 156 Å². The quantitative estimate of drug-likeness (QED) is 0.445. The molecule has 6 nitrogen and oxygen atoms in total. The lowest BCUT2D eigenvalue weighted by Crippen LogP contribution is -2.24. The topological polar surface area (TPSA) is 76.0 Å². The molecular formula is C19H23N5OS. The van der Waals surface area contributed by atoms with Gasteiger partial charge in [0, 0.05) is 18.7 Å². The average Bonchev–Trinajstić information content (AvgIpc) is 3.05. The highest BCUT2D eigenvalue weighted by atomic mass is 32.2. The lowest BCUT2D eigenvalue weighted by atomic mass is 10.1. The zero-order valence-electron chi connectivity index (χ0n) is 15.2. The monoisotopic (exact) mass is 369 g/mol. The number of hydrogen-bond donors (Lipinski definition) is 0. The molecule has 3 rings (SSSR count). The fourth-order valence-corrected chi connectivity index (χ4v) is 3.82. The molecule has 7 heteroatoms. The minimum absolute atomic E-state index is 0.00767. The summed E-state index contributed by atoms with van der Waals surface area (Å²) in [6, 6.07) is 9.80. The molecule has 0 saturated carbocycles. The molecule has 2 heterocycles. The number of hydrogen-bond acceptors (Lipinski definition) is 5. The van der Waals surface area contributed by atoms with Crippen LogP contribution in [0.5, 0.6) is 0 Å². The second-order valence-corrected chi connectivity index (χ2v) is 7.80. The van der Waals surface area contributed by atoms with Crippen LogP contribution in [0.2, 0.25) is 0 Å². The highest BCUT2D eigenvalue weighted by molar-refractivity contribution is 7.99. The van der Waals surface area contributed by atoms with Crippen molar-refractivity contribution in [2.75, 3.05) is 5.75 Å². The number of thioether (sulfide) groups is 1. The van der Waals surface area contributed by atoms with E-state index < -0.39 is 0 Å². The number of rotatable bonds is 8. The smallest absolute Gasteiger partial charge is 0.262 e. The molecule has 0 amide bonds. The Morgan fingerprint density at radius 1 is 1.23 bits per heavy atom. The van der Waals surface area contributed by atoms with Crippen LogP contribution in [0.1, 0.15) is 39.5 Å². The number of para-hydroxylation sites is 1. The van der Waals surface area contributed by atoms with Gasteiger partial charge >= 0.3 is 0 Å². The first-order valence-electron chi connectivity index (χ1n) is 9.00. The van der Waals surface area contributed by atoms with Gasteiger partial charge in [-0.15, -0.1) is 10.2 Å². The summed E-state index contributed by atoms with van der Waals surface area (Å²) < 4.78 is 3.74. The summed E-state index contributed by atoms with van der Waals surface area (Å²) in [6.45, 7) is 4.93. The average molecular weight is 369 g/mol. The van der Waals surface area contributed by atoms with Crippen molar-refractivity contribution in [2.24, 2.45) is 5.92 Å². The van der Waals surface area contributed by atoms with Crippen molar-refractivity contribution >= 4 is 28.4 Å². The molecule has 0 unspecified atom stereocenters. The highest BCUT2D eigenvalue weighted by Gasteiger charge is 2.16. The standard InChI is InChI=1S/C19H23N5OS/c1-14(2)10-12-23-17(25)15-8-4-5-9-16(15)24-18(23)21-22-19(24)26-13-7-3-6-11-20/h4-5,8-9,14H,3,6-7,10,12-13H2,1-2H3. The van der Waals surface area contributed by atoms with E-state index in [1.165, 1.54) is 0 Å². The number of benzene rings is 1. The normalized spacial score (nSPS) is 11.5. The third-order valence-electron chi connectivity index (χ3n) is 4.32. The molecule has 3 aromatic rings. The van der Waals surface area contributed by atoms with E-state index in [4.69, 9.17) is 5.26 Å². The maximum absolute atomic E-state index is 12.9. The van der Waals surface area contributed by atoms with Crippen LogP contribution in [-0.4, -0.2) is 24.9 Å². The molecule has 1 aromatic carbocycles. The zero-order chi connectivity index (χ0) is 18.5. The van der Waals surface area contributed by atoms with Gasteiger partial charge in [-0.2, -0.15) is 5.26 Å². The maximum Gasteiger partial charge on any atom is 0.262 e. The fraction of sp³-hybridized carbons (Fsp3) is 0.474. The second kappa shape index (κ2) is 8.37. The summed E-state index contributed by atoms with van der Waals surface area (Å²) in [7, 11) is 0. The number of aromatic nitrogens is 4. The van der Waals surface area contributed by atoms with Crippen LogP contribution in [-0.2, 0) is 6.54 Å². The van der Waals surface area contributed by atoms with Gasteiger partial charge in [0.2, 0.25) is 5.78 Å². The van der Waals surface area contributed by atoms with Gasteiger partial charge in [0.15, 0.2) is 5.16 Å². The van der Waals surface area contributed by atoms with Gasteiger partial charge in [0.25, 0.3) is 5.56 Å². The molecule has 0 N–H and O–H groups in total. The van der Waals surface area contributed by atoms with Crippen molar-refractivity contribution in [2.45, 2.75) is 51.2 Å². The summed E-state index contributed by atoms with van der Waals surface area (Å²) in [6.07, 6.45) is 3.34. The van der Waals surface area contributed by atoms with Crippen molar-refractivity contribution < 1.29 is 0 Å². The predicted octanol–water partition coefficient (Wildman–Crippen LogP) is 3.88. The minimum Gasteiger partial charge on any atom is -0.276 e. The van der Waals surface area contributed by atoms with Gasteiger partial charge in [-0.3, -0.25) is 13.8 Å². The summed E-state index contributed by atoms with van der Waals surface area (Å²) in [5, 5.41) is 18.8. The molecule has 136 valence electrons. The Kier molecular flexibility index (Phi) is 5.94. The van der Waals surface area contributed by atoms with Crippen LogP contribution in [0.25, 0.3) is 16.7 Å². The molecule has 0 aliphatic carbocycles. The molecule has 0 spiro atoms. The number of nitriles is 1. The summed E-state index contributed by atoms with van der Waals surface area (Å²) in [4.78, 5) is 12.9. The van der Waals surface area contributed by atoms with Crippen LogP contribution in [0.15, 0.2) is 34.2 Å². The maximum atomic E-state index is 12.9. The van der Waals surface area contributed by atoms with Gasteiger partial charge in [0.05, 0.1) is 17.0 Å². The number of unbranched alkanes of at least 4 members (excludes halogenated alkanes) is 2. The van der Waals surface area contributed by atoms with Gasteiger partial charge in [0.1, 0.15) is 0 Å². The van der Waals surface area contributed by atoms with Gasteiger partial charge in [-0.25, -0.2) is 0 Å². The van der Waals surface area contributed by atoms with Crippen LogP contribution < -0.4 is 5.56 Å². The van der Waals surface area contributed by atoms with E-state index in [-0.39, 0.29) is 5.56 Å². The molecule has 0 bridgehead atoms. The van der Waals surface area contributed by atoms with E-state index in [0.29, 0.717) is 30.0 Å². The Hall–Kier alpha value is -2.33. The van der Waals surface area contributed by atoms with E-state index in [2.05, 4.69) is 30.1 Å². The third kappa shape index (κ3) is 3.75. The van der Waals surface area contributed by atoms with Crippen molar-refractivity contribution in [1.82, 2.24) is 19.2 Å². The van der Waals surface area contributed by atoms with E-state index in [0.717, 1.165) is 35.7 Å². The molecule has 0 atom stereocenters. The molecular weight excluding hydrogens is 346 g/mol. The summed E-state index contributed by atoms with van der Waals surface area (Å²) >= 11 is 1.63. The Bertz CT molecular complexity index is 999. The van der Waals surface area contributed by atoms with E-state index in [1.807, 2.05) is 28.7 Å². The number of fused-ring (bicyclic) bond motifs is 3. The number of nitrogens with zero attached hydrogens (tertiary/aromatic N) is 5. The largest absolute Gasteiger partial charge is 0.276 e. The first-order chi connectivity index (χ1) is 12.6. The molecule has 0 saturated heterocycles. The van der Waals surface area contributed by atoms with Gasteiger partial charge in [-0.1, -0.05) is 37.7 Å².